The van der Waals surface area contributed by atoms with E-state index in [1.54, 1.807) is 20.8 Å². The van der Waals surface area contributed by atoms with Crippen molar-refractivity contribution < 1.29 is 14.6 Å². The van der Waals surface area contributed by atoms with Crippen LogP contribution in [-0.2, 0) is 9.53 Å². The highest BCUT2D eigenvalue weighted by molar-refractivity contribution is 5.85. The standard InChI is InChI=1S/C8H17NO3.ClH/c1-8(2,3)12-7(11)6(9)4-5-10;/h6,10H,4-5,9H2,1-3H3;1H/t6-;/m0./s1. The molecule has 4 nitrogen and oxygen atoms in total. The second kappa shape index (κ2) is 6.18. The van der Waals surface area contributed by atoms with Gasteiger partial charge in [-0.2, -0.15) is 0 Å². The molecule has 0 rings (SSSR count). The number of halogens is 1. The summed E-state index contributed by atoms with van der Waals surface area (Å²) in [6.07, 6.45) is 0.245. The zero-order chi connectivity index (χ0) is 9.78. The number of hydrogen-bond donors (Lipinski definition) is 2. The van der Waals surface area contributed by atoms with Gasteiger partial charge in [0.1, 0.15) is 11.6 Å². The van der Waals surface area contributed by atoms with Crippen LogP contribution in [0.1, 0.15) is 27.2 Å². The van der Waals surface area contributed by atoms with Crippen molar-refractivity contribution in [2.45, 2.75) is 38.8 Å². The highest BCUT2D eigenvalue weighted by atomic mass is 35.5. The topological polar surface area (TPSA) is 72.5 Å². The lowest BCUT2D eigenvalue weighted by atomic mass is 10.2. The maximum absolute atomic E-state index is 11.1. The van der Waals surface area contributed by atoms with Crippen molar-refractivity contribution in [3.05, 3.63) is 0 Å². The molecule has 0 amide bonds. The van der Waals surface area contributed by atoms with Crippen molar-refractivity contribution in [1.29, 1.82) is 0 Å². The van der Waals surface area contributed by atoms with Crippen molar-refractivity contribution in [2.75, 3.05) is 6.61 Å². The molecule has 0 saturated carbocycles. The second-order valence-corrected chi connectivity index (χ2v) is 3.65. The predicted molar refractivity (Wildman–Crippen MR) is 52.8 cm³/mol. The van der Waals surface area contributed by atoms with E-state index < -0.39 is 17.6 Å². The van der Waals surface area contributed by atoms with Gasteiger partial charge in [-0.25, -0.2) is 0 Å². The molecule has 0 radical (unpaired) electrons. The molecule has 0 aliphatic rings. The van der Waals surface area contributed by atoms with Crippen LogP contribution >= 0.6 is 12.4 Å². The average molecular weight is 212 g/mol. The van der Waals surface area contributed by atoms with E-state index in [-0.39, 0.29) is 25.4 Å². The number of rotatable bonds is 3. The number of esters is 1. The summed E-state index contributed by atoms with van der Waals surface area (Å²) < 4.78 is 4.98. The maximum atomic E-state index is 11.1. The zero-order valence-corrected chi connectivity index (χ0v) is 9.06. The molecule has 0 aliphatic heterocycles. The Morgan fingerprint density at radius 1 is 1.54 bits per heavy atom. The summed E-state index contributed by atoms with van der Waals surface area (Å²) in [5.74, 6) is -0.462. The average Bonchev–Trinajstić information content (AvgIpc) is 1.84. The van der Waals surface area contributed by atoms with Crippen LogP contribution in [0.3, 0.4) is 0 Å². The van der Waals surface area contributed by atoms with Crippen molar-refractivity contribution in [2.24, 2.45) is 5.73 Å². The third-order valence-corrected chi connectivity index (χ3v) is 1.15. The lowest BCUT2D eigenvalue weighted by Crippen LogP contribution is -2.37. The Morgan fingerprint density at radius 3 is 2.31 bits per heavy atom. The van der Waals surface area contributed by atoms with Gasteiger partial charge in [0, 0.05) is 6.61 Å². The Kier molecular flexibility index (Phi) is 7.21. The molecule has 3 N–H and O–H groups in total. The Labute approximate surface area is 84.9 Å². The van der Waals surface area contributed by atoms with Crippen molar-refractivity contribution in [3.63, 3.8) is 0 Å². The smallest absolute Gasteiger partial charge is 0.323 e. The molecule has 0 heterocycles. The van der Waals surface area contributed by atoms with Crippen LogP contribution in [0, 0.1) is 0 Å². The highest BCUT2D eigenvalue weighted by Crippen LogP contribution is 2.08. The maximum Gasteiger partial charge on any atom is 0.323 e. The van der Waals surface area contributed by atoms with Crippen LogP contribution in [0.4, 0.5) is 0 Å². The molecule has 13 heavy (non-hydrogen) atoms. The van der Waals surface area contributed by atoms with Crippen molar-refractivity contribution in [1.82, 2.24) is 0 Å². The largest absolute Gasteiger partial charge is 0.459 e. The molecule has 0 fully saturated rings. The first-order valence-corrected chi connectivity index (χ1v) is 3.96. The number of ether oxygens (including phenoxy) is 1. The molecule has 5 heteroatoms. The Morgan fingerprint density at radius 2 is 2.00 bits per heavy atom. The van der Waals surface area contributed by atoms with Crippen LogP contribution < -0.4 is 5.73 Å². The summed E-state index contributed by atoms with van der Waals surface area (Å²) in [6.45, 7) is 5.23. The first kappa shape index (κ1) is 15.2. The number of aliphatic hydroxyl groups excluding tert-OH is 1. The monoisotopic (exact) mass is 211 g/mol. The molecule has 0 unspecified atom stereocenters. The first-order chi connectivity index (χ1) is 5.37. The molecule has 0 aliphatic carbocycles. The van der Waals surface area contributed by atoms with E-state index in [2.05, 4.69) is 0 Å². The van der Waals surface area contributed by atoms with E-state index in [9.17, 15) is 4.79 Å². The molecule has 0 bridgehead atoms. The molecule has 0 saturated heterocycles. The molecular weight excluding hydrogens is 194 g/mol. The van der Waals surface area contributed by atoms with E-state index in [0.717, 1.165) is 0 Å². The molecule has 0 aromatic carbocycles. The minimum atomic E-state index is -0.714. The number of nitrogens with two attached hydrogens (primary N) is 1. The normalized spacial score (nSPS) is 13.0. The van der Waals surface area contributed by atoms with Crippen LogP contribution in [0.15, 0.2) is 0 Å². The minimum Gasteiger partial charge on any atom is -0.459 e. The number of carbonyl (C=O) groups is 1. The zero-order valence-electron chi connectivity index (χ0n) is 8.24. The van der Waals surface area contributed by atoms with Gasteiger partial charge in [0.05, 0.1) is 0 Å². The molecule has 0 aromatic rings. The van der Waals surface area contributed by atoms with Gasteiger partial charge < -0.3 is 15.6 Å². The van der Waals surface area contributed by atoms with E-state index in [1.165, 1.54) is 0 Å². The summed E-state index contributed by atoms with van der Waals surface area (Å²) in [5, 5.41) is 8.50. The predicted octanol–water partition coefficient (Wildman–Crippen LogP) is 0.460. The number of carbonyl (C=O) groups excluding carboxylic acids is 1. The van der Waals surface area contributed by atoms with E-state index in [1.807, 2.05) is 0 Å². The van der Waals surface area contributed by atoms with Crippen molar-refractivity contribution >= 4 is 18.4 Å². The highest BCUT2D eigenvalue weighted by Gasteiger charge is 2.21. The van der Waals surface area contributed by atoms with Gasteiger partial charge >= 0.3 is 5.97 Å². The summed E-state index contributed by atoms with van der Waals surface area (Å²) >= 11 is 0. The Balaban J connectivity index is 0. The van der Waals surface area contributed by atoms with Crippen LogP contribution in [-0.4, -0.2) is 29.3 Å². The van der Waals surface area contributed by atoms with Crippen LogP contribution in [0.2, 0.25) is 0 Å². The minimum absolute atomic E-state index is 0. The second-order valence-electron chi connectivity index (χ2n) is 3.65. The van der Waals surface area contributed by atoms with Gasteiger partial charge in [0.25, 0.3) is 0 Å². The molecule has 0 aromatic heterocycles. The lowest BCUT2D eigenvalue weighted by molar-refractivity contribution is -0.156. The van der Waals surface area contributed by atoms with Crippen LogP contribution in [0.25, 0.3) is 0 Å². The molecule has 1 atom stereocenters. The quantitative estimate of drug-likeness (QED) is 0.666. The summed E-state index contributed by atoms with van der Waals surface area (Å²) in [4.78, 5) is 11.1. The van der Waals surface area contributed by atoms with Gasteiger partial charge in [-0.05, 0) is 27.2 Å². The van der Waals surface area contributed by atoms with E-state index >= 15 is 0 Å². The van der Waals surface area contributed by atoms with Crippen molar-refractivity contribution in [3.8, 4) is 0 Å². The van der Waals surface area contributed by atoms with Gasteiger partial charge in [-0.1, -0.05) is 0 Å². The third kappa shape index (κ3) is 8.02. The van der Waals surface area contributed by atoms with Gasteiger partial charge in [0.15, 0.2) is 0 Å². The fourth-order valence-electron chi connectivity index (χ4n) is 0.634. The lowest BCUT2D eigenvalue weighted by Gasteiger charge is -2.21. The molecule has 0 spiro atoms. The van der Waals surface area contributed by atoms with E-state index in [0.29, 0.717) is 0 Å². The number of hydrogen-bond acceptors (Lipinski definition) is 4. The Bertz CT molecular complexity index is 156. The first-order valence-electron chi connectivity index (χ1n) is 3.96. The Hall–Kier alpha value is -0.320. The summed E-state index contributed by atoms with van der Waals surface area (Å²) in [5.41, 5.74) is 4.89. The van der Waals surface area contributed by atoms with Gasteiger partial charge in [-0.15, -0.1) is 12.4 Å². The molecular formula is C8H18ClNO3. The van der Waals surface area contributed by atoms with Crippen LogP contribution in [0.5, 0.6) is 0 Å². The summed E-state index contributed by atoms with van der Waals surface area (Å²) in [6, 6.07) is -0.714. The third-order valence-electron chi connectivity index (χ3n) is 1.15. The van der Waals surface area contributed by atoms with Gasteiger partial charge in [-0.3, -0.25) is 4.79 Å². The van der Waals surface area contributed by atoms with Gasteiger partial charge in [0.2, 0.25) is 0 Å². The SMILES string of the molecule is CC(C)(C)OC(=O)[C@@H](N)CCO.Cl. The molecule has 80 valence electrons. The summed E-state index contributed by atoms with van der Waals surface area (Å²) in [7, 11) is 0. The fraction of sp³-hybridized carbons (Fsp3) is 0.875. The number of aliphatic hydroxyl groups is 1. The van der Waals surface area contributed by atoms with E-state index in [4.69, 9.17) is 15.6 Å². The fourth-order valence-corrected chi connectivity index (χ4v) is 0.634.